The number of thiocarbonyl (C=S) groups is 1. The summed E-state index contributed by atoms with van der Waals surface area (Å²) in [6.45, 7) is 4.87. The first-order valence-corrected chi connectivity index (χ1v) is 8.25. The molecule has 5 heteroatoms. The average Bonchev–Trinajstić information content (AvgIpc) is 2.86. The summed E-state index contributed by atoms with van der Waals surface area (Å²) in [5, 5.41) is 7.04. The van der Waals surface area contributed by atoms with Gasteiger partial charge in [-0.2, -0.15) is 0 Å². The first-order chi connectivity index (χ1) is 10.6. The lowest BCUT2D eigenvalue weighted by molar-refractivity contribution is -0.144. The van der Waals surface area contributed by atoms with Gasteiger partial charge in [0.05, 0.1) is 12.6 Å². The molecule has 1 aromatic carbocycles. The molecule has 1 atom stereocenters. The van der Waals surface area contributed by atoms with Gasteiger partial charge in [0.15, 0.2) is 5.11 Å². The van der Waals surface area contributed by atoms with Gasteiger partial charge in [0.2, 0.25) is 0 Å². The van der Waals surface area contributed by atoms with E-state index < -0.39 is 0 Å². The fraction of sp³-hybridized carbons (Fsp3) is 0.529. The monoisotopic (exact) mass is 320 g/mol. The average molecular weight is 320 g/mol. The molecular formula is C17H24N2O2S. The smallest absolute Gasteiger partial charge is 0.306 e. The lowest BCUT2D eigenvalue weighted by Gasteiger charge is -2.17. The van der Waals surface area contributed by atoms with E-state index in [1.165, 1.54) is 11.1 Å². The molecule has 0 radical (unpaired) electrons. The Labute approximate surface area is 137 Å². The zero-order chi connectivity index (χ0) is 15.9. The van der Waals surface area contributed by atoms with Crippen LogP contribution in [-0.4, -0.2) is 24.2 Å². The zero-order valence-electron chi connectivity index (χ0n) is 13.2. The van der Waals surface area contributed by atoms with E-state index in [1.54, 1.807) is 0 Å². The summed E-state index contributed by atoms with van der Waals surface area (Å²) >= 11 is 5.31. The molecule has 0 aromatic heterocycles. The number of carbonyl (C=O) groups is 1. The van der Waals surface area contributed by atoms with Crippen molar-refractivity contribution in [2.45, 2.75) is 39.2 Å². The van der Waals surface area contributed by atoms with Crippen LogP contribution < -0.4 is 10.6 Å². The SMILES string of the molecule is CC(C)CC(=O)OCCNC(=S)N[C@H]1CCc2ccccc21. The summed E-state index contributed by atoms with van der Waals surface area (Å²) in [6.07, 6.45) is 2.61. The van der Waals surface area contributed by atoms with Crippen LogP contribution in [0, 0.1) is 5.92 Å². The van der Waals surface area contributed by atoms with Crippen molar-refractivity contribution >= 4 is 23.3 Å². The maximum absolute atomic E-state index is 11.4. The number of hydrogen-bond donors (Lipinski definition) is 2. The van der Waals surface area contributed by atoms with Crippen LogP contribution in [0.2, 0.25) is 0 Å². The Balaban J connectivity index is 1.66. The molecule has 0 heterocycles. The summed E-state index contributed by atoms with van der Waals surface area (Å²) in [5.41, 5.74) is 2.72. The Morgan fingerprint density at radius 3 is 2.95 bits per heavy atom. The largest absolute Gasteiger partial charge is 0.464 e. The maximum Gasteiger partial charge on any atom is 0.306 e. The minimum absolute atomic E-state index is 0.152. The van der Waals surface area contributed by atoms with Crippen LogP contribution in [0.1, 0.15) is 43.9 Å². The lowest BCUT2D eigenvalue weighted by Crippen LogP contribution is -2.38. The van der Waals surface area contributed by atoms with Crippen LogP contribution >= 0.6 is 12.2 Å². The van der Waals surface area contributed by atoms with Gasteiger partial charge in [-0.1, -0.05) is 38.1 Å². The number of ether oxygens (including phenoxy) is 1. The van der Waals surface area contributed by atoms with E-state index in [0.29, 0.717) is 30.6 Å². The van der Waals surface area contributed by atoms with Crippen LogP contribution in [-0.2, 0) is 16.0 Å². The molecule has 4 nitrogen and oxygen atoms in total. The van der Waals surface area contributed by atoms with Crippen LogP contribution in [0.15, 0.2) is 24.3 Å². The molecule has 2 N–H and O–H groups in total. The standard InChI is InChI=1S/C17H24N2O2S/c1-12(2)11-16(20)21-10-9-18-17(22)19-15-8-7-13-5-3-4-6-14(13)15/h3-6,12,15H,7-11H2,1-2H3,(H2,18,19,22)/t15-/m0/s1. The van der Waals surface area contributed by atoms with Crippen LogP contribution in [0.4, 0.5) is 0 Å². The molecule has 0 unspecified atom stereocenters. The van der Waals surface area contributed by atoms with E-state index in [2.05, 4.69) is 34.9 Å². The van der Waals surface area contributed by atoms with E-state index in [0.717, 1.165) is 12.8 Å². The summed E-state index contributed by atoms with van der Waals surface area (Å²) in [7, 11) is 0. The highest BCUT2D eigenvalue weighted by Gasteiger charge is 2.22. The molecule has 2 rings (SSSR count). The predicted octanol–water partition coefficient (Wildman–Crippen LogP) is 2.73. The highest BCUT2D eigenvalue weighted by Crippen LogP contribution is 2.30. The number of benzene rings is 1. The molecule has 0 amide bonds. The van der Waals surface area contributed by atoms with E-state index in [-0.39, 0.29) is 12.0 Å². The molecule has 0 saturated heterocycles. The number of nitrogens with one attached hydrogen (secondary N) is 2. The van der Waals surface area contributed by atoms with Gasteiger partial charge in [0.25, 0.3) is 0 Å². The Hall–Kier alpha value is -1.62. The van der Waals surface area contributed by atoms with Crippen molar-refractivity contribution < 1.29 is 9.53 Å². The van der Waals surface area contributed by atoms with Gasteiger partial charge >= 0.3 is 5.97 Å². The first kappa shape index (κ1) is 16.7. The van der Waals surface area contributed by atoms with Gasteiger partial charge in [-0.3, -0.25) is 4.79 Å². The lowest BCUT2D eigenvalue weighted by atomic mass is 10.1. The van der Waals surface area contributed by atoms with Crippen molar-refractivity contribution in [1.82, 2.24) is 10.6 Å². The van der Waals surface area contributed by atoms with Gasteiger partial charge in [-0.15, -0.1) is 0 Å². The van der Waals surface area contributed by atoms with Gasteiger partial charge in [-0.05, 0) is 42.1 Å². The molecule has 0 saturated carbocycles. The molecular weight excluding hydrogens is 296 g/mol. The summed E-state index contributed by atoms with van der Waals surface area (Å²) in [4.78, 5) is 11.4. The third kappa shape index (κ3) is 4.98. The predicted molar refractivity (Wildman–Crippen MR) is 91.7 cm³/mol. The molecule has 22 heavy (non-hydrogen) atoms. The number of fused-ring (bicyclic) bond motifs is 1. The molecule has 1 aromatic rings. The summed E-state index contributed by atoms with van der Waals surface area (Å²) < 4.78 is 5.14. The van der Waals surface area contributed by atoms with E-state index in [4.69, 9.17) is 17.0 Å². The fourth-order valence-corrected chi connectivity index (χ4v) is 2.88. The highest BCUT2D eigenvalue weighted by molar-refractivity contribution is 7.80. The number of rotatable bonds is 6. The third-order valence-electron chi connectivity index (χ3n) is 3.66. The number of esters is 1. The third-order valence-corrected chi connectivity index (χ3v) is 3.93. The van der Waals surface area contributed by atoms with Crippen LogP contribution in [0.25, 0.3) is 0 Å². The van der Waals surface area contributed by atoms with Gasteiger partial charge in [-0.25, -0.2) is 0 Å². The number of carbonyl (C=O) groups excluding carboxylic acids is 1. The van der Waals surface area contributed by atoms with Crippen molar-refractivity contribution in [3.05, 3.63) is 35.4 Å². The van der Waals surface area contributed by atoms with Crippen molar-refractivity contribution in [1.29, 1.82) is 0 Å². The highest BCUT2D eigenvalue weighted by atomic mass is 32.1. The zero-order valence-corrected chi connectivity index (χ0v) is 14.0. The molecule has 0 spiro atoms. The molecule has 0 fully saturated rings. The van der Waals surface area contributed by atoms with Crippen LogP contribution in [0.3, 0.4) is 0 Å². The van der Waals surface area contributed by atoms with Crippen molar-refractivity contribution in [2.24, 2.45) is 5.92 Å². The number of hydrogen-bond acceptors (Lipinski definition) is 3. The number of aryl methyl sites for hydroxylation is 1. The van der Waals surface area contributed by atoms with Gasteiger partial charge in [0, 0.05) is 6.42 Å². The first-order valence-electron chi connectivity index (χ1n) is 7.84. The fourth-order valence-electron chi connectivity index (χ4n) is 2.64. The topological polar surface area (TPSA) is 50.4 Å². The van der Waals surface area contributed by atoms with Crippen molar-refractivity contribution in [2.75, 3.05) is 13.2 Å². The van der Waals surface area contributed by atoms with Crippen molar-refractivity contribution in [3.8, 4) is 0 Å². The van der Waals surface area contributed by atoms with E-state index in [9.17, 15) is 4.79 Å². The Morgan fingerprint density at radius 1 is 1.41 bits per heavy atom. The molecule has 0 aliphatic heterocycles. The Morgan fingerprint density at radius 2 is 2.18 bits per heavy atom. The second-order valence-corrected chi connectivity index (χ2v) is 6.42. The maximum atomic E-state index is 11.4. The molecule has 1 aliphatic rings. The molecule has 1 aliphatic carbocycles. The normalized spacial score (nSPS) is 16.2. The van der Waals surface area contributed by atoms with Gasteiger partial charge in [0.1, 0.15) is 6.61 Å². The Bertz CT molecular complexity index is 531. The Kier molecular flexibility index (Phi) is 6.19. The summed E-state index contributed by atoms with van der Waals surface area (Å²) in [5.74, 6) is 0.172. The quantitative estimate of drug-likeness (QED) is 0.479. The van der Waals surface area contributed by atoms with Crippen molar-refractivity contribution in [3.63, 3.8) is 0 Å². The van der Waals surface area contributed by atoms with E-state index >= 15 is 0 Å². The minimum atomic E-state index is -0.152. The molecule has 120 valence electrons. The molecule has 0 bridgehead atoms. The van der Waals surface area contributed by atoms with E-state index in [1.807, 2.05) is 13.8 Å². The second-order valence-electron chi connectivity index (χ2n) is 6.01. The minimum Gasteiger partial charge on any atom is -0.464 e. The second kappa shape index (κ2) is 8.13. The van der Waals surface area contributed by atoms with Gasteiger partial charge < -0.3 is 15.4 Å². The van der Waals surface area contributed by atoms with Crippen LogP contribution in [0.5, 0.6) is 0 Å². The summed E-state index contributed by atoms with van der Waals surface area (Å²) in [6, 6.07) is 8.73.